The summed E-state index contributed by atoms with van der Waals surface area (Å²) >= 11 is 0. The maximum atomic E-state index is 12.8. The Morgan fingerprint density at radius 1 is 1.09 bits per heavy atom. The summed E-state index contributed by atoms with van der Waals surface area (Å²) in [5, 5.41) is 0. The molecule has 3 nitrogen and oxygen atoms in total. The van der Waals surface area contributed by atoms with Crippen molar-refractivity contribution in [3.63, 3.8) is 0 Å². The minimum atomic E-state index is -0.298. The van der Waals surface area contributed by atoms with Crippen LogP contribution in [0.25, 0.3) is 0 Å². The van der Waals surface area contributed by atoms with Gasteiger partial charge in [-0.2, -0.15) is 0 Å². The van der Waals surface area contributed by atoms with Crippen molar-refractivity contribution in [2.45, 2.75) is 26.8 Å². The van der Waals surface area contributed by atoms with E-state index in [4.69, 9.17) is 5.73 Å². The van der Waals surface area contributed by atoms with Gasteiger partial charge in [0, 0.05) is 18.3 Å². The van der Waals surface area contributed by atoms with Crippen LogP contribution in [0.4, 0.5) is 5.69 Å². The van der Waals surface area contributed by atoms with E-state index in [0.717, 1.165) is 11.3 Å². The van der Waals surface area contributed by atoms with Crippen LogP contribution in [0.2, 0.25) is 0 Å². The molecule has 0 heterocycles. The summed E-state index contributed by atoms with van der Waals surface area (Å²) in [4.78, 5) is 14.6. The highest BCUT2D eigenvalue weighted by Gasteiger charge is 2.26. The lowest BCUT2D eigenvalue weighted by Gasteiger charge is -2.28. The average molecular weight is 333 g/mol. The quantitative estimate of drug-likeness (QED) is 0.895. The van der Waals surface area contributed by atoms with Gasteiger partial charge in [-0.1, -0.05) is 55.0 Å². The van der Waals surface area contributed by atoms with Crippen molar-refractivity contribution < 1.29 is 4.79 Å². The van der Waals surface area contributed by atoms with Crippen molar-refractivity contribution in [1.29, 1.82) is 0 Å². The van der Waals surface area contributed by atoms with Crippen molar-refractivity contribution in [2.75, 3.05) is 11.4 Å². The van der Waals surface area contributed by atoms with Crippen LogP contribution in [0.15, 0.2) is 54.6 Å². The number of aryl methyl sites for hydroxylation is 1. The molecule has 0 aliphatic carbocycles. The van der Waals surface area contributed by atoms with Crippen molar-refractivity contribution in [2.24, 2.45) is 11.7 Å². The van der Waals surface area contributed by atoms with Gasteiger partial charge in [0.1, 0.15) is 0 Å². The monoisotopic (exact) mass is 332 g/mol. The predicted molar refractivity (Wildman–Crippen MR) is 99.0 cm³/mol. The largest absolute Gasteiger partial charge is 0.323 e. The number of anilines is 1. The summed E-state index contributed by atoms with van der Waals surface area (Å²) < 4.78 is 0. The standard InChI is InChI=1S/C19H24N2O.ClH/c1-4-21(17-12-10-14(2)11-13-17)19(22)15(3)18(20)16-8-6-5-7-9-16;/h5-13,15,18H,4,20H2,1-3H3;1H. The number of amides is 1. The maximum Gasteiger partial charge on any atom is 0.231 e. The van der Waals surface area contributed by atoms with Crippen molar-refractivity contribution in [3.8, 4) is 0 Å². The summed E-state index contributed by atoms with van der Waals surface area (Å²) in [5.41, 5.74) is 9.38. The number of carbonyl (C=O) groups excluding carboxylic acids is 1. The Kier molecular flexibility index (Phi) is 7.27. The second kappa shape index (κ2) is 8.70. The van der Waals surface area contributed by atoms with Crippen LogP contribution in [0.3, 0.4) is 0 Å². The van der Waals surface area contributed by atoms with Gasteiger partial charge < -0.3 is 10.6 Å². The van der Waals surface area contributed by atoms with E-state index in [1.165, 1.54) is 5.56 Å². The second-order valence-corrected chi connectivity index (χ2v) is 5.64. The topological polar surface area (TPSA) is 46.3 Å². The lowest BCUT2D eigenvalue weighted by molar-refractivity contribution is -0.122. The third-order valence-corrected chi connectivity index (χ3v) is 4.04. The third-order valence-electron chi connectivity index (χ3n) is 4.04. The van der Waals surface area contributed by atoms with Crippen LogP contribution < -0.4 is 10.6 Å². The Labute approximate surface area is 144 Å². The predicted octanol–water partition coefficient (Wildman–Crippen LogP) is 4.11. The van der Waals surface area contributed by atoms with Crippen LogP contribution in [0, 0.1) is 12.8 Å². The first-order valence-electron chi connectivity index (χ1n) is 7.73. The number of rotatable bonds is 5. The van der Waals surface area contributed by atoms with E-state index in [0.29, 0.717) is 6.54 Å². The lowest BCUT2D eigenvalue weighted by Crippen LogP contribution is -2.39. The van der Waals surface area contributed by atoms with Gasteiger partial charge in [-0.3, -0.25) is 4.79 Å². The second-order valence-electron chi connectivity index (χ2n) is 5.64. The Morgan fingerprint density at radius 2 is 1.65 bits per heavy atom. The van der Waals surface area contributed by atoms with Crippen LogP contribution in [-0.4, -0.2) is 12.5 Å². The molecule has 0 radical (unpaired) electrons. The molecule has 0 saturated heterocycles. The molecule has 2 aromatic carbocycles. The van der Waals surface area contributed by atoms with E-state index in [9.17, 15) is 4.79 Å². The van der Waals surface area contributed by atoms with E-state index >= 15 is 0 Å². The van der Waals surface area contributed by atoms with Crippen LogP contribution in [0.1, 0.15) is 31.0 Å². The highest BCUT2D eigenvalue weighted by atomic mass is 35.5. The summed E-state index contributed by atoms with van der Waals surface area (Å²) in [6, 6.07) is 17.5. The molecule has 2 aromatic rings. The fourth-order valence-electron chi connectivity index (χ4n) is 2.55. The Hall–Kier alpha value is -1.84. The first-order valence-corrected chi connectivity index (χ1v) is 7.73. The number of carbonyl (C=O) groups is 1. The number of hydrogen-bond acceptors (Lipinski definition) is 2. The van der Waals surface area contributed by atoms with Crippen molar-refractivity contribution >= 4 is 24.0 Å². The molecule has 2 atom stereocenters. The van der Waals surface area contributed by atoms with E-state index < -0.39 is 0 Å². The fourth-order valence-corrected chi connectivity index (χ4v) is 2.55. The van der Waals surface area contributed by atoms with E-state index in [-0.39, 0.29) is 30.3 Å². The van der Waals surface area contributed by atoms with E-state index in [2.05, 4.69) is 0 Å². The number of nitrogens with zero attached hydrogens (tertiary/aromatic N) is 1. The van der Waals surface area contributed by atoms with Crippen LogP contribution in [-0.2, 0) is 4.79 Å². The van der Waals surface area contributed by atoms with Crippen LogP contribution in [0.5, 0.6) is 0 Å². The molecule has 124 valence electrons. The molecule has 1 amide bonds. The van der Waals surface area contributed by atoms with Gasteiger partial charge in [-0.25, -0.2) is 0 Å². The van der Waals surface area contributed by atoms with Crippen molar-refractivity contribution in [1.82, 2.24) is 0 Å². The molecule has 0 bridgehead atoms. The first-order chi connectivity index (χ1) is 10.5. The molecule has 0 spiro atoms. The van der Waals surface area contributed by atoms with Gasteiger partial charge in [-0.15, -0.1) is 12.4 Å². The van der Waals surface area contributed by atoms with E-state index in [1.807, 2.05) is 75.4 Å². The lowest BCUT2D eigenvalue weighted by atomic mass is 9.94. The molecular weight excluding hydrogens is 308 g/mol. The number of benzene rings is 2. The Bertz CT molecular complexity index is 613. The van der Waals surface area contributed by atoms with Gasteiger partial charge in [0.05, 0.1) is 5.92 Å². The molecule has 0 aliphatic heterocycles. The zero-order valence-corrected chi connectivity index (χ0v) is 14.7. The molecule has 0 aliphatic rings. The first kappa shape index (κ1) is 19.2. The van der Waals surface area contributed by atoms with Gasteiger partial charge in [0.25, 0.3) is 0 Å². The number of nitrogens with two attached hydrogens (primary N) is 1. The summed E-state index contributed by atoms with van der Waals surface area (Å²) in [7, 11) is 0. The molecular formula is C19H25ClN2O. The highest BCUT2D eigenvalue weighted by Crippen LogP contribution is 2.24. The summed E-state index contributed by atoms with van der Waals surface area (Å²) in [5.74, 6) is -0.216. The van der Waals surface area contributed by atoms with Gasteiger partial charge in [0.15, 0.2) is 0 Å². The molecule has 0 saturated carbocycles. The molecule has 2 N–H and O–H groups in total. The minimum absolute atomic E-state index is 0. The zero-order chi connectivity index (χ0) is 16.1. The fraction of sp³-hybridized carbons (Fsp3) is 0.316. The molecule has 0 fully saturated rings. The van der Waals surface area contributed by atoms with Gasteiger partial charge in [-0.05, 0) is 31.5 Å². The molecule has 4 heteroatoms. The SMILES string of the molecule is CCN(C(=O)C(C)C(N)c1ccccc1)c1ccc(C)cc1.Cl. The van der Waals surface area contributed by atoms with Gasteiger partial charge in [0.2, 0.25) is 5.91 Å². The molecule has 2 unspecified atom stereocenters. The number of hydrogen-bond donors (Lipinski definition) is 1. The maximum absolute atomic E-state index is 12.8. The minimum Gasteiger partial charge on any atom is -0.323 e. The molecule has 2 rings (SSSR count). The van der Waals surface area contributed by atoms with Gasteiger partial charge >= 0.3 is 0 Å². The van der Waals surface area contributed by atoms with Crippen molar-refractivity contribution in [3.05, 3.63) is 65.7 Å². The highest BCUT2D eigenvalue weighted by molar-refractivity contribution is 5.95. The third kappa shape index (κ3) is 4.57. The smallest absolute Gasteiger partial charge is 0.231 e. The summed E-state index contributed by atoms with van der Waals surface area (Å²) in [6.45, 7) is 6.55. The molecule has 23 heavy (non-hydrogen) atoms. The Morgan fingerprint density at radius 3 is 2.17 bits per heavy atom. The number of halogens is 1. The molecule has 0 aromatic heterocycles. The average Bonchev–Trinajstić information content (AvgIpc) is 2.56. The Balaban J connectivity index is 0.00000264. The van der Waals surface area contributed by atoms with Crippen LogP contribution >= 0.6 is 12.4 Å². The zero-order valence-electron chi connectivity index (χ0n) is 13.9. The van der Waals surface area contributed by atoms with E-state index in [1.54, 1.807) is 4.90 Å². The summed E-state index contributed by atoms with van der Waals surface area (Å²) in [6.07, 6.45) is 0. The normalized spacial score (nSPS) is 12.9.